The minimum atomic E-state index is -4.45. The SMILES string of the molecule is [B]C(=O)[C@H](Cc1ccc(-n2c(=O)cc(C)n(C)c2=O)cc1)NC(=O)c1cc(F)c(NS(=O)(=O)c2ccc(C(=O)NC(C)(C)C)cc2)cc1F. The molecule has 12 nitrogen and oxygen atoms in total. The van der Waals surface area contributed by atoms with Crippen LogP contribution in [0.2, 0.25) is 0 Å². The molecule has 0 saturated carbocycles. The molecule has 0 fully saturated rings. The zero-order valence-corrected chi connectivity index (χ0v) is 27.9. The summed E-state index contributed by atoms with van der Waals surface area (Å²) in [6.45, 7) is 6.94. The molecule has 2 amide bonds. The average Bonchev–Trinajstić information content (AvgIpc) is 3.01. The second kappa shape index (κ2) is 14.0. The lowest BCUT2D eigenvalue weighted by atomic mass is 9.90. The molecular weight excluding hydrogens is 659 g/mol. The summed E-state index contributed by atoms with van der Waals surface area (Å²) in [4.78, 5) is 62.1. The number of anilines is 1. The lowest BCUT2D eigenvalue weighted by Crippen LogP contribution is -2.43. The summed E-state index contributed by atoms with van der Waals surface area (Å²) in [5, 5.41) is 4.98. The molecule has 0 saturated heterocycles. The number of carbonyl (C=O) groups is 3. The summed E-state index contributed by atoms with van der Waals surface area (Å²) in [5.74, 6) is -4.24. The van der Waals surface area contributed by atoms with Gasteiger partial charge in [0.05, 0.1) is 33.6 Å². The Morgan fingerprint density at radius 2 is 1.51 bits per heavy atom. The van der Waals surface area contributed by atoms with Gasteiger partial charge in [-0.15, -0.1) is 0 Å². The number of sulfonamides is 1. The predicted octanol–water partition coefficient (Wildman–Crippen LogP) is 2.49. The van der Waals surface area contributed by atoms with Gasteiger partial charge in [-0.1, -0.05) is 12.1 Å². The van der Waals surface area contributed by atoms with Crippen LogP contribution in [0.15, 0.2) is 81.2 Å². The van der Waals surface area contributed by atoms with Crippen molar-refractivity contribution in [2.45, 2.75) is 50.6 Å². The van der Waals surface area contributed by atoms with E-state index in [0.29, 0.717) is 23.4 Å². The van der Waals surface area contributed by atoms with Crippen LogP contribution < -0.4 is 26.6 Å². The summed E-state index contributed by atoms with van der Waals surface area (Å²) in [6, 6.07) is 11.5. The average molecular weight is 692 g/mol. The number of nitrogens with zero attached hydrogens (tertiary/aromatic N) is 2. The molecule has 49 heavy (non-hydrogen) atoms. The van der Waals surface area contributed by atoms with Crippen molar-refractivity contribution >= 4 is 41.1 Å². The van der Waals surface area contributed by atoms with Crippen LogP contribution in [0.1, 0.15) is 52.7 Å². The molecule has 4 aromatic rings. The normalized spacial score (nSPS) is 12.2. The molecule has 3 N–H and O–H groups in total. The Balaban J connectivity index is 1.48. The van der Waals surface area contributed by atoms with Gasteiger partial charge in [-0.2, -0.15) is 0 Å². The number of benzene rings is 3. The van der Waals surface area contributed by atoms with Crippen LogP contribution >= 0.6 is 0 Å². The Bertz CT molecular complexity index is 2180. The van der Waals surface area contributed by atoms with E-state index in [0.717, 1.165) is 16.7 Å². The van der Waals surface area contributed by atoms with Gasteiger partial charge in [0.1, 0.15) is 11.6 Å². The van der Waals surface area contributed by atoms with E-state index in [1.54, 1.807) is 27.7 Å². The molecule has 3 aromatic carbocycles. The number of rotatable bonds is 10. The molecule has 0 aliphatic heterocycles. The third-order valence-electron chi connectivity index (χ3n) is 7.30. The minimum Gasteiger partial charge on any atom is -0.347 e. The van der Waals surface area contributed by atoms with Gasteiger partial charge in [-0.25, -0.2) is 26.6 Å². The highest BCUT2D eigenvalue weighted by molar-refractivity contribution is 7.92. The first kappa shape index (κ1) is 36.5. The Morgan fingerprint density at radius 1 is 0.898 bits per heavy atom. The maximum atomic E-state index is 15.1. The summed E-state index contributed by atoms with van der Waals surface area (Å²) in [5.41, 5.74) is -2.90. The quantitative estimate of drug-likeness (QED) is 0.215. The van der Waals surface area contributed by atoms with Crippen molar-refractivity contribution in [1.82, 2.24) is 19.8 Å². The van der Waals surface area contributed by atoms with E-state index < -0.39 is 73.2 Å². The van der Waals surface area contributed by atoms with E-state index in [1.807, 2.05) is 4.72 Å². The van der Waals surface area contributed by atoms with E-state index in [1.165, 1.54) is 54.1 Å². The van der Waals surface area contributed by atoms with Gasteiger partial charge < -0.3 is 20.0 Å². The van der Waals surface area contributed by atoms with E-state index in [2.05, 4.69) is 10.6 Å². The zero-order valence-electron chi connectivity index (χ0n) is 27.1. The molecule has 0 aliphatic rings. The van der Waals surface area contributed by atoms with Crippen LogP contribution in [-0.4, -0.2) is 54.5 Å². The molecule has 0 bridgehead atoms. The maximum absolute atomic E-state index is 15.1. The van der Waals surface area contributed by atoms with Crippen LogP contribution in [0.25, 0.3) is 5.69 Å². The number of amides is 2. The Labute approximate surface area is 281 Å². The molecule has 1 heterocycles. The highest BCUT2D eigenvalue weighted by atomic mass is 32.2. The van der Waals surface area contributed by atoms with Crippen molar-refractivity contribution in [3.63, 3.8) is 0 Å². The summed E-state index contributed by atoms with van der Waals surface area (Å²) >= 11 is 0. The lowest BCUT2D eigenvalue weighted by Gasteiger charge is -2.20. The predicted molar refractivity (Wildman–Crippen MR) is 179 cm³/mol. The molecule has 1 aromatic heterocycles. The number of aryl methyl sites for hydroxylation is 1. The fourth-order valence-electron chi connectivity index (χ4n) is 4.65. The van der Waals surface area contributed by atoms with E-state index in [-0.39, 0.29) is 22.6 Å². The lowest BCUT2D eigenvalue weighted by molar-refractivity contribution is -0.113. The van der Waals surface area contributed by atoms with Crippen molar-refractivity contribution in [2.24, 2.45) is 7.05 Å². The fraction of sp³-hybridized carbons (Fsp3) is 0.242. The third-order valence-corrected chi connectivity index (χ3v) is 8.69. The van der Waals surface area contributed by atoms with Crippen LogP contribution in [0, 0.1) is 18.6 Å². The molecule has 4 rings (SSSR count). The van der Waals surface area contributed by atoms with Crippen molar-refractivity contribution in [3.8, 4) is 5.69 Å². The van der Waals surface area contributed by atoms with Crippen LogP contribution in [0.4, 0.5) is 14.5 Å². The standard InChI is InChI=1S/C33H32BF2N5O7S/c1-18-14-28(42)41(32(46)40(18)5)21-10-6-19(7-11-21)15-27(29(34)43)37-31(45)23-16-25(36)26(17-24(23)35)39-49(47,48)22-12-8-20(9-13-22)30(44)38-33(2,3)4/h6-14,16-17,27,39H,15H2,1-5H3,(H,37,45)(H,38,44)/t27-/m0/s1. The van der Waals surface area contributed by atoms with Crippen LogP contribution in [-0.2, 0) is 28.3 Å². The minimum absolute atomic E-state index is 0.180. The van der Waals surface area contributed by atoms with Gasteiger partial charge in [-0.3, -0.25) is 19.1 Å². The molecule has 254 valence electrons. The van der Waals surface area contributed by atoms with Gasteiger partial charge in [0, 0.05) is 36.0 Å². The zero-order chi connectivity index (χ0) is 36.4. The van der Waals surface area contributed by atoms with Gasteiger partial charge in [-0.05, 0) is 82.1 Å². The van der Waals surface area contributed by atoms with Gasteiger partial charge in [0.2, 0.25) is 0 Å². The molecule has 2 radical (unpaired) electrons. The number of hydrogen-bond acceptors (Lipinski definition) is 7. The van der Waals surface area contributed by atoms with Gasteiger partial charge >= 0.3 is 5.69 Å². The summed E-state index contributed by atoms with van der Waals surface area (Å²) in [6.07, 6.45) is -0.180. The number of aromatic nitrogens is 2. The maximum Gasteiger partial charge on any atom is 0.335 e. The number of halogens is 2. The van der Waals surface area contributed by atoms with E-state index in [4.69, 9.17) is 7.85 Å². The summed E-state index contributed by atoms with van der Waals surface area (Å²) < 4.78 is 60.0. The fourth-order valence-corrected chi connectivity index (χ4v) is 5.71. The second-order valence-electron chi connectivity index (χ2n) is 12.2. The smallest absolute Gasteiger partial charge is 0.335 e. The van der Waals surface area contributed by atoms with Gasteiger partial charge in [0.25, 0.3) is 27.4 Å². The van der Waals surface area contributed by atoms with Crippen LogP contribution in [0.3, 0.4) is 0 Å². The van der Waals surface area contributed by atoms with E-state index in [9.17, 15) is 32.4 Å². The molecule has 0 spiro atoms. The molecule has 16 heteroatoms. The molecular formula is C33H32BF2N5O7S. The third kappa shape index (κ3) is 8.57. The van der Waals surface area contributed by atoms with E-state index >= 15 is 8.78 Å². The highest BCUT2D eigenvalue weighted by Crippen LogP contribution is 2.24. The first-order valence-corrected chi connectivity index (χ1v) is 16.2. The van der Waals surface area contributed by atoms with Crippen LogP contribution in [0.5, 0.6) is 0 Å². The Morgan fingerprint density at radius 3 is 2.08 bits per heavy atom. The second-order valence-corrected chi connectivity index (χ2v) is 13.9. The molecule has 0 unspecified atom stereocenters. The number of hydrogen-bond donors (Lipinski definition) is 3. The topological polar surface area (TPSA) is 165 Å². The monoisotopic (exact) mass is 691 g/mol. The Kier molecular flexibility index (Phi) is 10.4. The van der Waals surface area contributed by atoms with Crippen molar-refractivity contribution in [3.05, 3.63) is 122 Å². The first-order chi connectivity index (χ1) is 22.8. The Hall–Kier alpha value is -5.38. The largest absolute Gasteiger partial charge is 0.347 e. The molecule has 1 atom stereocenters. The van der Waals surface area contributed by atoms with Crippen molar-refractivity contribution < 1.29 is 31.6 Å². The van der Waals surface area contributed by atoms with Crippen molar-refractivity contribution in [2.75, 3.05) is 4.72 Å². The summed E-state index contributed by atoms with van der Waals surface area (Å²) in [7, 11) is 2.53. The molecule has 0 aliphatic carbocycles. The number of carbonyl (C=O) groups excluding carboxylic acids is 3. The number of nitrogens with one attached hydrogen (secondary N) is 3. The van der Waals surface area contributed by atoms with Crippen molar-refractivity contribution in [1.29, 1.82) is 0 Å². The first-order valence-electron chi connectivity index (χ1n) is 14.7. The highest BCUT2D eigenvalue weighted by Gasteiger charge is 2.24. The van der Waals surface area contributed by atoms with Gasteiger partial charge in [0.15, 0.2) is 7.85 Å².